The van der Waals surface area contributed by atoms with Crippen LogP contribution in [0.5, 0.6) is 0 Å². The van der Waals surface area contributed by atoms with Crippen molar-refractivity contribution in [2.24, 2.45) is 0 Å². The molecule has 160 valence electrons. The van der Waals surface area contributed by atoms with E-state index in [1.54, 1.807) is 19.2 Å². The molecule has 8 heteroatoms. The molecule has 1 aliphatic heterocycles. The van der Waals surface area contributed by atoms with Crippen LogP contribution in [0.1, 0.15) is 48.9 Å². The third-order valence-electron chi connectivity index (χ3n) is 5.59. The fourth-order valence-electron chi connectivity index (χ4n) is 3.85. The van der Waals surface area contributed by atoms with Crippen molar-refractivity contribution in [1.29, 1.82) is 0 Å². The Labute approximate surface area is 177 Å². The zero-order valence-electron chi connectivity index (χ0n) is 17.2. The maximum Gasteiger partial charge on any atom is 0.257 e. The Morgan fingerprint density at radius 2 is 2.00 bits per heavy atom. The number of aromatic nitrogens is 1. The summed E-state index contributed by atoms with van der Waals surface area (Å²) in [6, 6.07) is 5.20. The van der Waals surface area contributed by atoms with Gasteiger partial charge < -0.3 is 14.6 Å². The molecule has 1 aliphatic rings. The predicted octanol–water partition coefficient (Wildman–Crippen LogP) is 3.70. The van der Waals surface area contributed by atoms with Crippen LogP contribution in [-0.4, -0.2) is 28.2 Å². The smallest absolute Gasteiger partial charge is 0.257 e. The van der Waals surface area contributed by atoms with Gasteiger partial charge in [0.05, 0.1) is 17.4 Å². The van der Waals surface area contributed by atoms with E-state index in [0.29, 0.717) is 24.3 Å². The van der Waals surface area contributed by atoms with Gasteiger partial charge in [-0.1, -0.05) is 6.07 Å². The number of aryl methyl sites for hydroxylation is 2. The molecule has 0 fully saturated rings. The SMILES string of the molecule is Cc1ncc2c(c1CNC(=O)c1ccoc1C)CCN(C(=O)c1cccc(F)c1F)C2. The van der Waals surface area contributed by atoms with Crippen LogP contribution < -0.4 is 5.32 Å². The number of nitrogens with one attached hydrogen (secondary N) is 1. The molecule has 0 saturated carbocycles. The summed E-state index contributed by atoms with van der Waals surface area (Å²) in [4.78, 5) is 31.1. The van der Waals surface area contributed by atoms with Gasteiger partial charge in [0.1, 0.15) is 5.76 Å². The van der Waals surface area contributed by atoms with Gasteiger partial charge in [0.2, 0.25) is 0 Å². The number of hydrogen-bond acceptors (Lipinski definition) is 4. The van der Waals surface area contributed by atoms with Crippen molar-refractivity contribution in [3.63, 3.8) is 0 Å². The Hall–Kier alpha value is -3.55. The first-order valence-electron chi connectivity index (χ1n) is 9.88. The van der Waals surface area contributed by atoms with Crippen LogP contribution in [0.15, 0.2) is 41.1 Å². The van der Waals surface area contributed by atoms with Crippen LogP contribution >= 0.6 is 0 Å². The van der Waals surface area contributed by atoms with Crippen LogP contribution in [0.25, 0.3) is 0 Å². The largest absolute Gasteiger partial charge is 0.469 e. The monoisotopic (exact) mass is 425 g/mol. The van der Waals surface area contributed by atoms with Gasteiger partial charge in [-0.2, -0.15) is 0 Å². The standard InChI is InChI=1S/C23H21F2N3O3/c1-13-19(11-27-22(29)16-7-9-31-14(16)2)17-6-8-28(12-15(17)10-26-13)23(30)18-4-3-5-20(24)21(18)25/h3-5,7,9-10H,6,8,11-12H2,1-2H3,(H,27,29). The van der Waals surface area contributed by atoms with Crippen molar-refractivity contribution in [2.45, 2.75) is 33.4 Å². The Kier molecular flexibility index (Phi) is 5.54. The fourth-order valence-corrected chi connectivity index (χ4v) is 3.85. The molecule has 1 aromatic carbocycles. The van der Waals surface area contributed by atoms with Gasteiger partial charge in [-0.05, 0) is 55.2 Å². The molecule has 1 N–H and O–H groups in total. The summed E-state index contributed by atoms with van der Waals surface area (Å²) in [7, 11) is 0. The van der Waals surface area contributed by atoms with Crippen molar-refractivity contribution in [3.05, 3.63) is 87.6 Å². The van der Waals surface area contributed by atoms with E-state index in [2.05, 4.69) is 10.3 Å². The van der Waals surface area contributed by atoms with Crippen LogP contribution in [0.2, 0.25) is 0 Å². The zero-order chi connectivity index (χ0) is 22.1. The molecule has 0 bridgehead atoms. The number of benzene rings is 1. The number of halogens is 2. The maximum absolute atomic E-state index is 14.1. The summed E-state index contributed by atoms with van der Waals surface area (Å²) in [6.07, 6.45) is 3.68. The third kappa shape index (κ3) is 3.93. The first kappa shape index (κ1) is 20.7. The average molecular weight is 425 g/mol. The minimum atomic E-state index is -1.14. The Morgan fingerprint density at radius 3 is 2.74 bits per heavy atom. The molecule has 0 radical (unpaired) electrons. The average Bonchev–Trinajstić information content (AvgIpc) is 3.20. The molecule has 3 aromatic rings. The lowest BCUT2D eigenvalue weighted by Gasteiger charge is -2.30. The van der Waals surface area contributed by atoms with Crippen molar-refractivity contribution in [2.75, 3.05) is 6.54 Å². The topological polar surface area (TPSA) is 75.4 Å². The van der Waals surface area contributed by atoms with Gasteiger partial charge >= 0.3 is 0 Å². The summed E-state index contributed by atoms with van der Waals surface area (Å²) < 4.78 is 32.8. The number of carbonyl (C=O) groups is 2. The molecular weight excluding hydrogens is 404 g/mol. The van der Waals surface area contributed by atoms with E-state index in [9.17, 15) is 18.4 Å². The lowest BCUT2D eigenvalue weighted by atomic mass is 9.94. The zero-order valence-corrected chi connectivity index (χ0v) is 17.2. The molecule has 2 aromatic heterocycles. The second kappa shape index (κ2) is 8.29. The summed E-state index contributed by atoms with van der Waals surface area (Å²) in [5.74, 6) is -2.45. The van der Waals surface area contributed by atoms with Crippen LogP contribution in [0.3, 0.4) is 0 Å². The highest BCUT2D eigenvalue weighted by Crippen LogP contribution is 2.26. The van der Waals surface area contributed by atoms with Gasteiger partial charge in [-0.25, -0.2) is 8.78 Å². The van der Waals surface area contributed by atoms with Gasteiger partial charge in [0.15, 0.2) is 11.6 Å². The van der Waals surface area contributed by atoms with Gasteiger partial charge in [0, 0.05) is 31.5 Å². The number of carbonyl (C=O) groups excluding carboxylic acids is 2. The molecule has 31 heavy (non-hydrogen) atoms. The molecule has 0 spiro atoms. The number of fused-ring (bicyclic) bond motifs is 1. The highest BCUT2D eigenvalue weighted by molar-refractivity contribution is 5.95. The van der Waals surface area contributed by atoms with E-state index < -0.39 is 17.5 Å². The van der Waals surface area contributed by atoms with E-state index in [1.165, 1.54) is 23.3 Å². The first-order chi connectivity index (χ1) is 14.9. The highest BCUT2D eigenvalue weighted by atomic mass is 19.2. The number of hydrogen-bond donors (Lipinski definition) is 1. The second-order valence-electron chi connectivity index (χ2n) is 7.48. The summed E-state index contributed by atoms with van der Waals surface area (Å²) in [6.45, 7) is 4.47. The van der Waals surface area contributed by atoms with Crippen LogP contribution in [0, 0.1) is 25.5 Å². The number of amides is 2. The van der Waals surface area contributed by atoms with E-state index >= 15 is 0 Å². The van der Waals surface area contributed by atoms with E-state index in [4.69, 9.17) is 4.42 Å². The summed E-state index contributed by atoms with van der Waals surface area (Å²) in [5, 5.41) is 2.90. The predicted molar refractivity (Wildman–Crippen MR) is 108 cm³/mol. The lowest BCUT2D eigenvalue weighted by molar-refractivity contribution is 0.0728. The molecular formula is C23H21F2N3O3. The molecule has 0 saturated heterocycles. The maximum atomic E-state index is 14.1. The van der Waals surface area contributed by atoms with Gasteiger partial charge in [0.25, 0.3) is 11.8 Å². The molecule has 0 atom stereocenters. The lowest BCUT2D eigenvalue weighted by Crippen LogP contribution is -2.37. The van der Waals surface area contributed by atoms with Crippen molar-refractivity contribution in [3.8, 4) is 0 Å². The van der Waals surface area contributed by atoms with Crippen LogP contribution in [-0.2, 0) is 19.5 Å². The summed E-state index contributed by atoms with van der Waals surface area (Å²) >= 11 is 0. The Balaban J connectivity index is 1.53. The van der Waals surface area contributed by atoms with E-state index in [1.807, 2.05) is 6.92 Å². The minimum absolute atomic E-state index is 0.235. The number of nitrogens with zero attached hydrogens (tertiary/aromatic N) is 2. The molecule has 3 heterocycles. The molecule has 6 nitrogen and oxygen atoms in total. The quantitative estimate of drug-likeness (QED) is 0.692. The van der Waals surface area contributed by atoms with E-state index in [-0.39, 0.29) is 24.6 Å². The minimum Gasteiger partial charge on any atom is -0.469 e. The van der Waals surface area contributed by atoms with Gasteiger partial charge in [-0.3, -0.25) is 14.6 Å². The Bertz CT molecular complexity index is 1170. The Morgan fingerprint density at radius 1 is 1.19 bits per heavy atom. The number of rotatable bonds is 4. The molecule has 0 unspecified atom stereocenters. The summed E-state index contributed by atoms with van der Waals surface area (Å²) in [5.41, 5.74) is 3.72. The van der Waals surface area contributed by atoms with Crippen molar-refractivity contribution < 1.29 is 22.8 Å². The molecule has 0 aliphatic carbocycles. The second-order valence-corrected chi connectivity index (χ2v) is 7.48. The van der Waals surface area contributed by atoms with E-state index in [0.717, 1.165) is 28.5 Å². The number of pyridine rings is 1. The first-order valence-corrected chi connectivity index (χ1v) is 9.88. The van der Waals surface area contributed by atoms with Crippen molar-refractivity contribution in [1.82, 2.24) is 15.2 Å². The normalized spacial score (nSPS) is 13.1. The fraction of sp³-hybridized carbons (Fsp3) is 0.261. The van der Waals surface area contributed by atoms with Gasteiger partial charge in [-0.15, -0.1) is 0 Å². The highest BCUT2D eigenvalue weighted by Gasteiger charge is 2.27. The molecule has 4 rings (SSSR count). The van der Waals surface area contributed by atoms with Crippen LogP contribution in [0.4, 0.5) is 8.78 Å². The van der Waals surface area contributed by atoms with Crippen molar-refractivity contribution >= 4 is 11.8 Å². The number of furan rings is 1. The third-order valence-corrected chi connectivity index (χ3v) is 5.59. The molecule has 2 amide bonds.